The van der Waals surface area contributed by atoms with E-state index < -0.39 is 5.97 Å². The van der Waals surface area contributed by atoms with Gasteiger partial charge in [0.25, 0.3) is 0 Å². The first-order valence-corrected chi connectivity index (χ1v) is 6.37. The molecule has 2 rings (SSSR count). The standard InChI is InChI=1S/C14H17N3O2/c1-3-5-9(2)16-14-15-8-10-6-4-7-11(13(18)19)12(10)17-14/h4,6-9H,3,5H2,1-2H3,(H,18,19)(H,15,16,17). The Hall–Kier alpha value is -2.17. The highest BCUT2D eigenvalue weighted by Crippen LogP contribution is 2.18. The molecule has 0 spiro atoms. The third kappa shape index (κ3) is 2.99. The van der Waals surface area contributed by atoms with Crippen molar-refractivity contribution in [3.05, 3.63) is 30.0 Å². The Morgan fingerprint density at radius 2 is 2.26 bits per heavy atom. The molecule has 1 aromatic heterocycles. The van der Waals surface area contributed by atoms with Crippen molar-refractivity contribution in [2.75, 3.05) is 5.32 Å². The predicted molar refractivity (Wildman–Crippen MR) is 74.5 cm³/mol. The second-order valence-corrected chi connectivity index (χ2v) is 4.58. The summed E-state index contributed by atoms with van der Waals surface area (Å²) in [5, 5.41) is 13.1. The summed E-state index contributed by atoms with van der Waals surface area (Å²) in [6.07, 6.45) is 3.74. The number of anilines is 1. The normalized spacial score (nSPS) is 12.3. The molecule has 0 radical (unpaired) electrons. The highest BCUT2D eigenvalue weighted by Gasteiger charge is 2.11. The maximum Gasteiger partial charge on any atom is 0.337 e. The third-order valence-corrected chi connectivity index (χ3v) is 2.94. The summed E-state index contributed by atoms with van der Waals surface area (Å²) in [4.78, 5) is 19.7. The maximum atomic E-state index is 11.2. The van der Waals surface area contributed by atoms with Crippen molar-refractivity contribution in [1.29, 1.82) is 0 Å². The van der Waals surface area contributed by atoms with Gasteiger partial charge in [0.2, 0.25) is 5.95 Å². The van der Waals surface area contributed by atoms with Crippen molar-refractivity contribution in [3.8, 4) is 0 Å². The molecule has 0 bridgehead atoms. The number of benzene rings is 1. The van der Waals surface area contributed by atoms with Gasteiger partial charge in [-0.05, 0) is 19.4 Å². The van der Waals surface area contributed by atoms with Gasteiger partial charge in [-0.2, -0.15) is 0 Å². The largest absolute Gasteiger partial charge is 0.478 e. The fraction of sp³-hybridized carbons (Fsp3) is 0.357. The van der Waals surface area contributed by atoms with Gasteiger partial charge in [-0.25, -0.2) is 14.8 Å². The van der Waals surface area contributed by atoms with E-state index in [2.05, 4.69) is 29.1 Å². The van der Waals surface area contributed by atoms with Gasteiger partial charge in [0.1, 0.15) is 0 Å². The Morgan fingerprint density at radius 3 is 2.95 bits per heavy atom. The Morgan fingerprint density at radius 1 is 1.47 bits per heavy atom. The maximum absolute atomic E-state index is 11.2. The summed E-state index contributed by atoms with van der Waals surface area (Å²) >= 11 is 0. The SMILES string of the molecule is CCCC(C)Nc1ncc2cccc(C(=O)O)c2n1. The fourth-order valence-electron chi connectivity index (χ4n) is 2.02. The van der Waals surface area contributed by atoms with Crippen LogP contribution in [0.1, 0.15) is 37.0 Å². The fourth-order valence-corrected chi connectivity index (χ4v) is 2.02. The molecule has 0 aliphatic rings. The number of fused-ring (bicyclic) bond motifs is 1. The number of hydrogen-bond acceptors (Lipinski definition) is 4. The van der Waals surface area contributed by atoms with Crippen LogP contribution in [-0.4, -0.2) is 27.1 Å². The lowest BCUT2D eigenvalue weighted by Crippen LogP contribution is -2.16. The molecule has 0 aliphatic carbocycles. The number of carboxylic acids is 1. The van der Waals surface area contributed by atoms with E-state index in [1.54, 1.807) is 24.4 Å². The summed E-state index contributed by atoms with van der Waals surface area (Å²) in [7, 11) is 0. The molecule has 2 N–H and O–H groups in total. The van der Waals surface area contributed by atoms with Crippen LogP contribution in [0.25, 0.3) is 10.9 Å². The molecule has 1 heterocycles. The van der Waals surface area contributed by atoms with Gasteiger partial charge in [-0.15, -0.1) is 0 Å². The number of hydrogen-bond donors (Lipinski definition) is 2. The molecule has 0 amide bonds. The van der Waals surface area contributed by atoms with E-state index in [4.69, 9.17) is 5.11 Å². The van der Waals surface area contributed by atoms with Crippen LogP contribution in [0.2, 0.25) is 0 Å². The van der Waals surface area contributed by atoms with Crippen LogP contribution in [0, 0.1) is 0 Å². The van der Waals surface area contributed by atoms with Crippen LogP contribution in [0.5, 0.6) is 0 Å². The zero-order valence-corrected chi connectivity index (χ0v) is 11.1. The number of aromatic carboxylic acids is 1. The van der Waals surface area contributed by atoms with Crippen LogP contribution >= 0.6 is 0 Å². The Kier molecular flexibility index (Phi) is 3.94. The van der Waals surface area contributed by atoms with E-state index in [-0.39, 0.29) is 11.6 Å². The molecule has 100 valence electrons. The molecule has 1 atom stereocenters. The number of nitrogens with zero attached hydrogens (tertiary/aromatic N) is 2. The van der Waals surface area contributed by atoms with Crippen molar-refractivity contribution >= 4 is 22.8 Å². The van der Waals surface area contributed by atoms with Crippen molar-refractivity contribution in [3.63, 3.8) is 0 Å². The van der Waals surface area contributed by atoms with Crippen LogP contribution in [-0.2, 0) is 0 Å². The van der Waals surface area contributed by atoms with Gasteiger partial charge < -0.3 is 10.4 Å². The molecule has 0 fully saturated rings. The first kappa shape index (κ1) is 13.3. The number of carbonyl (C=O) groups is 1. The quantitative estimate of drug-likeness (QED) is 0.863. The minimum Gasteiger partial charge on any atom is -0.478 e. The van der Waals surface area contributed by atoms with Crippen LogP contribution < -0.4 is 5.32 Å². The van der Waals surface area contributed by atoms with Gasteiger partial charge in [0, 0.05) is 17.6 Å². The smallest absolute Gasteiger partial charge is 0.337 e. The average Bonchev–Trinajstić information content (AvgIpc) is 2.38. The van der Waals surface area contributed by atoms with E-state index in [1.807, 2.05) is 0 Å². The van der Waals surface area contributed by atoms with Crippen molar-refractivity contribution < 1.29 is 9.90 Å². The summed E-state index contributed by atoms with van der Waals surface area (Å²) in [6, 6.07) is 5.32. The Balaban J connectivity index is 2.38. The van der Waals surface area contributed by atoms with Gasteiger partial charge in [0.05, 0.1) is 11.1 Å². The van der Waals surface area contributed by atoms with E-state index in [0.717, 1.165) is 18.2 Å². The first-order chi connectivity index (χ1) is 9.11. The lowest BCUT2D eigenvalue weighted by Gasteiger charge is -2.13. The molecule has 5 nitrogen and oxygen atoms in total. The molecule has 0 saturated heterocycles. The monoisotopic (exact) mass is 259 g/mol. The summed E-state index contributed by atoms with van der Waals surface area (Å²) < 4.78 is 0. The van der Waals surface area contributed by atoms with E-state index in [1.165, 1.54) is 0 Å². The van der Waals surface area contributed by atoms with Gasteiger partial charge in [-0.1, -0.05) is 25.5 Å². The zero-order chi connectivity index (χ0) is 13.8. The van der Waals surface area contributed by atoms with Crippen LogP contribution in [0.15, 0.2) is 24.4 Å². The minimum atomic E-state index is -0.975. The van der Waals surface area contributed by atoms with Gasteiger partial charge in [0.15, 0.2) is 0 Å². The lowest BCUT2D eigenvalue weighted by atomic mass is 10.1. The second-order valence-electron chi connectivity index (χ2n) is 4.58. The number of aromatic nitrogens is 2. The van der Waals surface area contributed by atoms with Crippen molar-refractivity contribution in [1.82, 2.24) is 9.97 Å². The van der Waals surface area contributed by atoms with E-state index in [9.17, 15) is 4.79 Å². The first-order valence-electron chi connectivity index (χ1n) is 6.37. The highest BCUT2D eigenvalue weighted by molar-refractivity contribution is 6.01. The molecule has 0 saturated carbocycles. The summed E-state index contributed by atoms with van der Waals surface area (Å²) in [6.45, 7) is 4.17. The Bertz CT molecular complexity index is 598. The average molecular weight is 259 g/mol. The topological polar surface area (TPSA) is 75.1 Å². The summed E-state index contributed by atoms with van der Waals surface area (Å²) in [5.74, 6) is -0.501. The Labute approximate surface area is 111 Å². The molecule has 2 aromatic rings. The number of rotatable bonds is 5. The van der Waals surface area contributed by atoms with Crippen LogP contribution in [0.4, 0.5) is 5.95 Å². The third-order valence-electron chi connectivity index (χ3n) is 2.94. The lowest BCUT2D eigenvalue weighted by molar-refractivity contribution is 0.0699. The molecule has 1 aromatic carbocycles. The van der Waals surface area contributed by atoms with E-state index in [0.29, 0.717) is 11.5 Å². The predicted octanol–water partition coefficient (Wildman–Crippen LogP) is 2.93. The molecule has 19 heavy (non-hydrogen) atoms. The number of para-hydroxylation sites is 1. The van der Waals surface area contributed by atoms with Crippen molar-refractivity contribution in [2.24, 2.45) is 0 Å². The molecule has 1 unspecified atom stereocenters. The molecular weight excluding hydrogens is 242 g/mol. The van der Waals surface area contributed by atoms with Gasteiger partial charge >= 0.3 is 5.97 Å². The van der Waals surface area contributed by atoms with Crippen molar-refractivity contribution in [2.45, 2.75) is 32.7 Å². The number of nitrogens with one attached hydrogen (secondary N) is 1. The highest BCUT2D eigenvalue weighted by atomic mass is 16.4. The zero-order valence-electron chi connectivity index (χ0n) is 11.1. The van der Waals surface area contributed by atoms with Gasteiger partial charge in [-0.3, -0.25) is 0 Å². The van der Waals surface area contributed by atoms with E-state index >= 15 is 0 Å². The minimum absolute atomic E-state index is 0.200. The van der Waals surface area contributed by atoms with Crippen LogP contribution in [0.3, 0.4) is 0 Å². The number of carboxylic acid groups (broad SMARTS) is 1. The molecule has 5 heteroatoms. The second kappa shape index (κ2) is 5.65. The molecular formula is C14H17N3O2. The molecule has 0 aliphatic heterocycles. The summed E-state index contributed by atoms with van der Waals surface area (Å²) in [5.41, 5.74) is 0.669.